The van der Waals surface area contributed by atoms with E-state index in [1.54, 1.807) is 24.2 Å². The van der Waals surface area contributed by atoms with Crippen LogP contribution < -0.4 is 0 Å². The van der Waals surface area contributed by atoms with Crippen LogP contribution in [0.25, 0.3) is 0 Å². The Morgan fingerprint density at radius 2 is 2.26 bits per heavy atom. The molecule has 10 heteroatoms. The predicted molar refractivity (Wildman–Crippen MR) is 79.5 cm³/mol. The summed E-state index contributed by atoms with van der Waals surface area (Å²) in [5.74, 6) is -0.229. The van der Waals surface area contributed by atoms with Gasteiger partial charge in [0.25, 0.3) is 5.91 Å². The minimum Gasteiger partial charge on any atom is -0.377 e. The van der Waals surface area contributed by atoms with Crippen LogP contribution in [0.2, 0.25) is 0 Å². The fraction of sp³-hybridized carbons (Fsp3) is 0.462. The Balaban J connectivity index is 1.99. The third kappa shape index (κ3) is 2.86. The van der Waals surface area contributed by atoms with Crippen molar-refractivity contribution in [3.05, 3.63) is 29.8 Å². The van der Waals surface area contributed by atoms with E-state index >= 15 is 0 Å². The van der Waals surface area contributed by atoms with E-state index in [-0.39, 0.29) is 17.4 Å². The zero-order chi connectivity index (χ0) is 16.6. The summed E-state index contributed by atoms with van der Waals surface area (Å²) in [4.78, 5) is 14.4. The Morgan fingerprint density at radius 3 is 2.91 bits per heavy atom. The van der Waals surface area contributed by atoms with Crippen molar-refractivity contribution < 1.29 is 17.9 Å². The van der Waals surface area contributed by atoms with Crippen LogP contribution in [0.1, 0.15) is 22.2 Å². The maximum atomic E-state index is 12.8. The van der Waals surface area contributed by atoms with Crippen LogP contribution in [0.4, 0.5) is 0 Å². The van der Waals surface area contributed by atoms with Gasteiger partial charge in [-0.1, -0.05) is 0 Å². The van der Waals surface area contributed by atoms with Crippen molar-refractivity contribution in [2.45, 2.75) is 10.9 Å². The molecule has 1 N–H and O–H groups in total. The minimum absolute atomic E-state index is 0.0795. The van der Waals surface area contributed by atoms with Crippen LogP contribution in [-0.4, -0.2) is 65.2 Å². The molecule has 1 amide bonds. The number of nitrogens with zero attached hydrogens (tertiary/aromatic N) is 4. The van der Waals surface area contributed by atoms with Gasteiger partial charge in [-0.25, -0.2) is 8.42 Å². The van der Waals surface area contributed by atoms with E-state index < -0.39 is 15.9 Å². The van der Waals surface area contributed by atoms with Crippen LogP contribution in [0, 0.1) is 0 Å². The van der Waals surface area contributed by atoms with Gasteiger partial charge in [-0.3, -0.25) is 14.6 Å². The summed E-state index contributed by atoms with van der Waals surface area (Å²) in [6.45, 7) is 0.952. The number of carbonyl (C=O) groups is 1. The number of morpholine rings is 1. The summed E-state index contributed by atoms with van der Waals surface area (Å²) < 4.78 is 30.7. The van der Waals surface area contributed by atoms with E-state index in [1.807, 2.05) is 0 Å². The predicted octanol–water partition coefficient (Wildman–Crippen LogP) is -0.240. The lowest BCUT2D eigenvalue weighted by atomic mass is 10.1. The number of sulfone groups is 1. The SMILES string of the molecule is Cn1nccc1C(=O)N1CCOC[C@H]1c1[nH]ncc1S(C)(=O)=O. The molecule has 0 unspecified atom stereocenters. The van der Waals surface area contributed by atoms with Gasteiger partial charge in [0.15, 0.2) is 9.84 Å². The van der Waals surface area contributed by atoms with Crippen molar-refractivity contribution in [1.82, 2.24) is 24.9 Å². The number of ether oxygens (including phenoxy) is 1. The summed E-state index contributed by atoms with van der Waals surface area (Å²) in [5.41, 5.74) is 0.792. The number of aromatic nitrogens is 4. The summed E-state index contributed by atoms with van der Waals surface area (Å²) in [6.07, 6.45) is 3.91. The molecule has 2 aromatic heterocycles. The molecule has 23 heavy (non-hydrogen) atoms. The molecule has 0 radical (unpaired) electrons. The first-order valence-electron chi connectivity index (χ1n) is 6.99. The fourth-order valence-electron chi connectivity index (χ4n) is 2.64. The molecule has 1 atom stereocenters. The molecule has 0 bridgehead atoms. The van der Waals surface area contributed by atoms with Gasteiger partial charge in [0, 0.05) is 26.0 Å². The van der Waals surface area contributed by atoms with Crippen molar-refractivity contribution in [3.8, 4) is 0 Å². The standard InChI is InChI=1S/C13H17N5O4S/c1-17-9(3-4-15-17)13(19)18-5-6-22-8-10(18)12-11(7-14-16-12)23(2,20)21/h3-4,7,10H,5-6,8H2,1-2H3,(H,14,16)/t10-/m0/s1. The lowest BCUT2D eigenvalue weighted by Crippen LogP contribution is -2.44. The van der Waals surface area contributed by atoms with Crippen molar-refractivity contribution in [1.29, 1.82) is 0 Å². The lowest BCUT2D eigenvalue weighted by molar-refractivity contribution is -0.00524. The van der Waals surface area contributed by atoms with Gasteiger partial charge in [0.05, 0.1) is 31.1 Å². The number of aromatic amines is 1. The van der Waals surface area contributed by atoms with E-state index in [0.717, 1.165) is 6.26 Å². The normalized spacial score (nSPS) is 19.0. The Hall–Kier alpha value is -2.20. The van der Waals surface area contributed by atoms with Crippen molar-refractivity contribution >= 4 is 15.7 Å². The third-order valence-corrected chi connectivity index (χ3v) is 4.92. The lowest BCUT2D eigenvalue weighted by Gasteiger charge is -2.35. The number of aryl methyl sites for hydroxylation is 1. The summed E-state index contributed by atoms with van der Waals surface area (Å²) in [7, 11) is -1.77. The maximum absolute atomic E-state index is 12.8. The topological polar surface area (TPSA) is 110 Å². The van der Waals surface area contributed by atoms with Crippen molar-refractivity contribution in [2.24, 2.45) is 7.05 Å². The zero-order valence-corrected chi connectivity index (χ0v) is 13.6. The second-order valence-electron chi connectivity index (χ2n) is 5.35. The monoisotopic (exact) mass is 339 g/mol. The number of rotatable bonds is 3. The van der Waals surface area contributed by atoms with Crippen molar-refractivity contribution in [3.63, 3.8) is 0 Å². The van der Waals surface area contributed by atoms with E-state index in [2.05, 4.69) is 15.3 Å². The highest BCUT2D eigenvalue weighted by molar-refractivity contribution is 7.90. The molecule has 124 valence electrons. The molecular formula is C13H17N5O4S. The van der Waals surface area contributed by atoms with Gasteiger partial charge < -0.3 is 9.64 Å². The van der Waals surface area contributed by atoms with Crippen LogP contribution in [0.5, 0.6) is 0 Å². The largest absolute Gasteiger partial charge is 0.377 e. The Kier molecular flexibility index (Phi) is 3.94. The molecule has 9 nitrogen and oxygen atoms in total. The molecule has 0 aromatic carbocycles. The second-order valence-corrected chi connectivity index (χ2v) is 7.33. The number of H-pyrrole nitrogens is 1. The quantitative estimate of drug-likeness (QED) is 0.826. The van der Waals surface area contributed by atoms with Crippen LogP contribution >= 0.6 is 0 Å². The summed E-state index contributed by atoms with van der Waals surface area (Å²) >= 11 is 0. The Morgan fingerprint density at radius 1 is 1.48 bits per heavy atom. The minimum atomic E-state index is -3.46. The van der Waals surface area contributed by atoms with Gasteiger partial charge >= 0.3 is 0 Å². The first kappa shape index (κ1) is 15.7. The highest BCUT2D eigenvalue weighted by Gasteiger charge is 2.34. The molecule has 1 aliphatic rings. The Bertz CT molecular complexity index is 825. The maximum Gasteiger partial charge on any atom is 0.272 e. The molecule has 1 saturated heterocycles. The molecule has 2 aromatic rings. The van der Waals surface area contributed by atoms with Gasteiger partial charge in [-0.2, -0.15) is 10.2 Å². The van der Waals surface area contributed by atoms with Gasteiger partial charge in [0.2, 0.25) is 0 Å². The number of carbonyl (C=O) groups excluding carboxylic acids is 1. The average molecular weight is 339 g/mol. The van der Waals surface area contributed by atoms with Crippen LogP contribution in [-0.2, 0) is 21.6 Å². The summed E-state index contributed by atoms with van der Waals surface area (Å²) in [5, 5.41) is 10.5. The third-order valence-electron chi connectivity index (χ3n) is 3.79. The fourth-order valence-corrected chi connectivity index (χ4v) is 3.46. The van der Waals surface area contributed by atoms with Gasteiger partial charge in [-0.15, -0.1) is 0 Å². The molecule has 0 spiro atoms. The van der Waals surface area contributed by atoms with E-state index in [4.69, 9.17) is 4.74 Å². The van der Waals surface area contributed by atoms with Gasteiger partial charge in [-0.05, 0) is 6.07 Å². The molecule has 3 heterocycles. The molecular weight excluding hydrogens is 322 g/mol. The van der Waals surface area contributed by atoms with Crippen molar-refractivity contribution in [2.75, 3.05) is 26.0 Å². The number of hydrogen-bond acceptors (Lipinski definition) is 6. The molecule has 0 saturated carbocycles. The van der Waals surface area contributed by atoms with E-state index in [0.29, 0.717) is 24.5 Å². The van der Waals surface area contributed by atoms with Crippen LogP contribution in [0.15, 0.2) is 23.4 Å². The smallest absolute Gasteiger partial charge is 0.272 e. The summed E-state index contributed by atoms with van der Waals surface area (Å²) in [6, 6.07) is 1.08. The molecule has 0 aliphatic carbocycles. The molecule has 3 rings (SSSR count). The number of nitrogens with one attached hydrogen (secondary N) is 1. The highest BCUT2D eigenvalue weighted by Crippen LogP contribution is 2.28. The molecule has 1 fully saturated rings. The molecule has 1 aliphatic heterocycles. The highest BCUT2D eigenvalue weighted by atomic mass is 32.2. The van der Waals surface area contributed by atoms with Crippen LogP contribution in [0.3, 0.4) is 0 Å². The number of amides is 1. The average Bonchev–Trinajstić information content (AvgIpc) is 3.14. The van der Waals surface area contributed by atoms with Gasteiger partial charge in [0.1, 0.15) is 10.6 Å². The van der Waals surface area contributed by atoms with E-state index in [9.17, 15) is 13.2 Å². The second kappa shape index (κ2) is 5.78. The first-order valence-corrected chi connectivity index (χ1v) is 8.89. The number of hydrogen-bond donors (Lipinski definition) is 1. The first-order chi connectivity index (χ1) is 10.9. The van der Waals surface area contributed by atoms with E-state index in [1.165, 1.54) is 10.9 Å². The zero-order valence-electron chi connectivity index (χ0n) is 12.8. The Labute approximate surface area is 133 Å².